The number of halogens is 3. The average molecular weight is 436 g/mol. The predicted octanol–water partition coefficient (Wildman–Crippen LogP) is 4.84. The van der Waals surface area contributed by atoms with Crippen LogP contribution in [0.15, 0.2) is 78.9 Å². The van der Waals surface area contributed by atoms with Crippen molar-refractivity contribution in [3.05, 3.63) is 95.6 Å². The second-order valence-corrected chi connectivity index (χ2v) is 7.52. The first-order chi connectivity index (χ1) is 15.2. The van der Waals surface area contributed by atoms with Crippen molar-refractivity contribution < 1.29 is 22.8 Å². The molecular formula is C25H19F3N2O2. The Bertz CT molecular complexity index is 1280. The summed E-state index contributed by atoms with van der Waals surface area (Å²) >= 11 is 0. The van der Waals surface area contributed by atoms with Gasteiger partial charge in [0.1, 0.15) is 6.04 Å². The van der Waals surface area contributed by atoms with Crippen LogP contribution in [-0.4, -0.2) is 17.9 Å². The van der Waals surface area contributed by atoms with Crippen LogP contribution in [0, 0.1) is 0 Å². The summed E-state index contributed by atoms with van der Waals surface area (Å²) in [7, 11) is 0. The van der Waals surface area contributed by atoms with E-state index in [2.05, 4.69) is 5.32 Å². The first kappa shape index (κ1) is 21.4. The number of nitrogens with one attached hydrogen (secondary N) is 1. The Morgan fingerprint density at radius 1 is 0.844 bits per heavy atom. The van der Waals surface area contributed by atoms with Crippen LogP contribution in [0.25, 0.3) is 21.5 Å². The Morgan fingerprint density at radius 2 is 1.44 bits per heavy atom. The molecule has 4 rings (SSSR count). The van der Waals surface area contributed by atoms with E-state index in [1.807, 2.05) is 54.6 Å². The van der Waals surface area contributed by atoms with Crippen LogP contribution in [-0.2, 0) is 17.4 Å². The Labute approximate surface area is 181 Å². The molecule has 0 saturated carbocycles. The van der Waals surface area contributed by atoms with E-state index in [1.54, 1.807) is 0 Å². The van der Waals surface area contributed by atoms with Crippen LogP contribution >= 0.6 is 0 Å². The number of nitrogens with two attached hydrogens (primary N) is 1. The first-order valence-electron chi connectivity index (χ1n) is 9.91. The van der Waals surface area contributed by atoms with Gasteiger partial charge in [-0.25, -0.2) is 0 Å². The second-order valence-electron chi connectivity index (χ2n) is 7.52. The van der Waals surface area contributed by atoms with Crippen LogP contribution in [0.1, 0.15) is 21.5 Å². The van der Waals surface area contributed by atoms with Gasteiger partial charge in [0, 0.05) is 6.42 Å². The summed E-state index contributed by atoms with van der Waals surface area (Å²) in [6.45, 7) is 0. The topological polar surface area (TPSA) is 72.2 Å². The molecular weight excluding hydrogens is 417 g/mol. The number of alkyl halides is 3. The number of amides is 2. The van der Waals surface area contributed by atoms with Gasteiger partial charge in [0.15, 0.2) is 0 Å². The standard InChI is InChI=1S/C25H19F3N2O2/c26-25(27,28)18-9-5-6-15(12-18)13-21(23(29)31)30-24(32)22-19-10-3-1-7-16(19)14-17-8-2-4-11-20(17)22/h1-12,14,21H,13H2,(H2,29,31)(H,30,32)/t21-/m0/s1. The van der Waals surface area contributed by atoms with Crippen LogP contribution < -0.4 is 11.1 Å². The smallest absolute Gasteiger partial charge is 0.368 e. The Morgan fingerprint density at radius 3 is 2.00 bits per heavy atom. The van der Waals surface area contributed by atoms with E-state index in [-0.39, 0.29) is 12.0 Å². The van der Waals surface area contributed by atoms with Gasteiger partial charge in [0.2, 0.25) is 5.91 Å². The largest absolute Gasteiger partial charge is 0.416 e. The molecule has 0 aliphatic heterocycles. The number of fused-ring (bicyclic) bond motifs is 2. The summed E-state index contributed by atoms with van der Waals surface area (Å²) in [5, 5.41) is 5.73. The quantitative estimate of drug-likeness (QED) is 0.440. The number of primary amides is 1. The summed E-state index contributed by atoms with van der Waals surface area (Å²) in [5.74, 6) is -1.35. The normalized spacial score (nSPS) is 12.6. The van der Waals surface area contributed by atoms with Crippen LogP contribution in [0.2, 0.25) is 0 Å². The zero-order chi connectivity index (χ0) is 22.9. The summed E-state index contributed by atoms with van der Waals surface area (Å²) in [4.78, 5) is 25.4. The molecule has 0 saturated heterocycles. The molecule has 7 heteroatoms. The lowest BCUT2D eigenvalue weighted by Crippen LogP contribution is -2.46. The fraction of sp³-hybridized carbons (Fsp3) is 0.120. The summed E-state index contributed by atoms with van der Waals surface area (Å²) < 4.78 is 39.1. The third kappa shape index (κ3) is 4.27. The highest BCUT2D eigenvalue weighted by Gasteiger charge is 2.31. The monoisotopic (exact) mass is 436 g/mol. The molecule has 0 aromatic heterocycles. The molecule has 0 bridgehead atoms. The maximum Gasteiger partial charge on any atom is 0.416 e. The van der Waals surface area contributed by atoms with Crippen LogP contribution in [0.3, 0.4) is 0 Å². The summed E-state index contributed by atoms with van der Waals surface area (Å²) in [6, 6.07) is 20.1. The van der Waals surface area contributed by atoms with Gasteiger partial charge < -0.3 is 11.1 Å². The van der Waals surface area contributed by atoms with Gasteiger partial charge in [-0.3, -0.25) is 9.59 Å². The molecule has 0 aliphatic carbocycles. The maximum atomic E-state index is 13.3. The molecule has 0 fully saturated rings. The van der Waals surface area contributed by atoms with Gasteiger partial charge in [0.05, 0.1) is 11.1 Å². The second kappa shape index (κ2) is 8.34. The average Bonchev–Trinajstić information content (AvgIpc) is 2.76. The lowest BCUT2D eigenvalue weighted by Gasteiger charge is -2.18. The highest BCUT2D eigenvalue weighted by Crippen LogP contribution is 2.30. The molecule has 162 valence electrons. The van der Waals surface area contributed by atoms with Gasteiger partial charge >= 0.3 is 6.18 Å². The number of carbonyl (C=O) groups is 2. The molecule has 4 aromatic rings. The highest BCUT2D eigenvalue weighted by atomic mass is 19.4. The first-order valence-corrected chi connectivity index (χ1v) is 9.91. The minimum absolute atomic E-state index is 0.159. The fourth-order valence-corrected chi connectivity index (χ4v) is 3.82. The molecule has 2 amide bonds. The van der Waals surface area contributed by atoms with E-state index < -0.39 is 29.6 Å². The van der Waals surface area contributed by atoms with E-state index >= 15 is 0 Å². The lowest BCUT2D eigenvalue weighted by molar-refractivity contribution is -0.137. The molecule has 0 spiro atoms. The third-order valence-corrected chi connectivity index (χ3v) is 5.34. The zero-order valence-electron chi connectivity index (χ0n) is 16.8. The number of hydrogen-bond acceptors (Lipinski definition) is 2. The maximum absolute atomic E-state index is 13.3. The molecule has 32 heavy (non-hydrogen) atoms. The highest BCUT2D eigenvalue weighted by molar-refractivity contribution is 6.18. The molecule has 3 N–H and O–H groups in total. The third-order valence-electron chi connectivity index (χ3n) is 5.34. The van der Waals surface area contributed by atoms with E-state index in [9.17, 15) is 22.8 Å². The molecule has 0 unspecified atom stereocenters. The van der Waals surface area contributed by atoms with Crippen molar-refractivity contribution >= 4 is 33.4 Å². The molecule has 0 aliphatic rings. The van der Waals surface area contributed by atoms with Gasteiger partial charge in [0.25, 0.3) is 5.91 Å². The number of benzene rings is 4. The van der Waals surface area contributed by atoms with E-state index in [0.717, 1.165) is 22.9 Å². The Kier molecular flexibility index (Phi) is 5.57. The van der Waals surface area contributed by atoms with Crippen molar-refractivity contribution in [1.82, 2.24) is 5.32 Å². The van der Waals surface area contributed by atoms with Gasteiger partial charge in [-0.15, -0.1) is 0 Å². The lowest BCUT2D eigenvalue weighted by atomic mass is 9.95. The van der Waals surface area contributed by atoms with Crippen molar-refractivity contribution in [3.63, 3.8) is 0 Å². The molecule has 1 atom stereocenters. The fourth-order valence-electron chi connectivity index (χ4n) is 3.82. The van der Waals surface area contributed by atoms with Crippen LogP contribution in [0.4, 0.5) is 13.2 Å². The predicted molar refractivity (Wildman–Crippen MR) is 117 cm³/mol. The van der Waals surface area contributed by atoms with E-state index in [0.29, 0.717) is 16.3 Å². The molecule has 0 heterocycles. The summed E-state index contributed by atoms with van der Waals surface area (Å²) in [6.07, 6.45) is -4.67. The number of rotatable bonds is 5. The molecule has 4 aromatic carbocycles. The minimum Gasteiger partial charge on any atom is -0.368 e. The molecule has 4 nitrogen and oxygen atoms in total. The van der Waals surface area contributed by atoms with Gasteiger partial charge in [-0.05, 0) is 39.2 Å². The van der Waals surface area contributed by atoms with Crippen molar-refractivity contribution in [2.24, 2.45) is 5.73 Å². The van der Waals surface area contributed by atoms with Crippen molar-refractivity contribution in [2.75, 3.05) is 0 Å². The molecule has 0 radical (unpaired) electrons. The Hall–Kier alpha value is -3.87. The SMILES string of the molecule is NC(=O)[C@H](Cc1cccc(C(F)(F)F)c1)NC(=O)c1c2ccccc2cc2ccccc12. The number of hydrogen-bond donors (Lipinski definition) is 2. The minimum atomic E-state index is -4.51. The van der Waals surface area contributed by atoms with Crippen molar-refractivity contribution in [2.45, 2.75) is 18.6 Å². The van der Waals surface area contributed by atoms with E-state index in [1.165, 1.54) is 12.1 Å². The van der Waals surface area contributed by atoms with Crippen LogP contribution in [0.5, 0.6) is 0 Å². The zero-order valence-corrected chi connectivity index (χ0v) is 16.8. The summed E-state index contributed by atoms with van der Waals surface area (Å²) in [5.41, 5.74) is 5.28. The Balaban J connectivity index is 1.70. The van der Waals surface area contributed by atoms with Gasteiger partial charge in [-0.2, -0.15) is 13.2 Å². The van der Waals surface area contributed by atoms with Gasteiger partial charge in [-0.1, -0.05) is 66.7 Å². The van der Waals surface area contributed by atoms with E-state index in [4.69, 9.17) is 5.73 Å². The van der Waals surface area contributed by atoms with Crippen molar-refractivity contribution in [1.29, 1.82) is 0 Å². The van der Waals surface area contributed by atoms with Crippen molar-refractivity contribution in [3.8, 4) is 0 Å². The number of carbonyl (C=O) groups excluding carboxylic acids is 2.